The SMILES string of the molecule is CC1CCC(CC2CCC(c3ccc(OC(F)(F)F)cc3)CC2)CC1. The molecular formula is C21H29F3O. The first-order valence-electron chi connectivity index (χ1n) is 9.75. The van der Waals surface area contributed by atoms with E-state index in [1.54, 1.807) is 12.1 Å². The van der Waals surface area contributed by atoms with Gasteiger partial charge in [-0.3, -0.25) is 0 Å². The average molecular weight is 354 g/mol. The van der Waals surface area contributed by atoms with Crippen molar-refractivity contribution in [1.29, 1.82) is 0 Å². The molecule has 2 fully saturated rings. The van der Waals surface area contributed by atoms with Gasteiger partial charge in [-0.15, -0.1) is 13.2 Å². The minimum atomic E-state index is -4.61. The fourth-order valence-electron chi connectivity index (χ4n) is 4.71. The molecule has 0 saturated heterocycles. The van der Waals surface area contributed by atoms with Gasteiger partial charge in [0.1, 0.15) is 5.75 Å². The highest BCUT2D eigenvalue weighted by Crippen LogP contribution is 2.41. The summed E-state index contributed by atoms with van der Waals surface area (Å²) in [5, 5.41) is 0. The molecule has 0 spiro atoms. The summed E-state index contributed by atoms with van der Waals surface area (Å²) in [5.74, 6) is 3.05. The Kier molecular flexibility index (Phi) is 5.96. The predicted molar refractivity (Wildman–Crippen MR) is 93.6 cm³/mol. The Morgan fingerprint density at radius 1 is 0.840 bits per heavy atom. The predicted octanol–water partition coefficient (Wildman–Crippen LogP) is 7.08. The number of rotatable bonds is 4. The Morgan fingerprint density at radius 2 is 1.36 bits per heavy atom. The van der Waals surface area contributed by atoms with Crippen LogP contribution in [0, 0.1) is 17.8 Å². The average Bonchev–Trinajstić information content (AvgIpc) is 2.57. The summed E-state index contributed by atoms with van der Waals surface area (Å²) < 4.78 is 40.6. The molecule has 0 bridgehead atoms. The van der Waals surface area contributed by atoms with E-state index in [0.29, 0.717) is 5.92 Å². The summed E-state index contributed by atoms with van der Waals surface area (Å²) in [5.41, 5.74) is 1.15. The zero-order valence-corrected chi connectivity index (χ0v) is 15.0. The number of alkyl halides is 3. The third-order valence-electron chi connectivity index (χ3n) is 6.23. The molecular weight excluding hydrogens is 325 g/mol. The van der Waals surface area contributed by atoms with Crippen LogP contribution in [0.2, 0.25) is 0 Å². The van der Waals surface area contributed by atoms with Crippen molar-refractivity contribution in [3.63, 3.8) is 0 Å². The van der Waals surface area contributed by atoms with E-state index in [2.05, 4.69) is 11.7 Å². The van der Waals surface area contributed by atoms with E-state index in [1.165, 1.54) is 57.1 Å². The van der Waals surface area contributed by atoms with E-state index < -0.39 is 6.36 Å². The van der Waals surface area contributed by atoms with Crippen LogP contribution in [0.15, 0.2) is 24.3 Å². The van der Waals surface area contributed by atoms with Crippen molar-refractivity contribution >= 4 is 0 Å². The van der Waals surface area contributed by atoms with Gasteiger partial charge in [0.05, 0.1) is 0 Å². The lowest BCUT2D eigenvalue weighted by atomic mass is 9.72. The number of ether oxygens (including phenoxy) is 1. The van der Waals surface area contributed by atoms with Crippen LogP contribution in [0.5, 0.6) is 5.75 Å². The van der Waals surface area contributed by atoms with E-state index in [-0.39, 0.29) is 5.75 Å². The molecule has 0 aliphatic heterocycles. The molecule has 2 saturated carbocycles. The summed E-state index contributed by atoms with van der Waals surface area (Å²) in [6.45, 7) is 2.37. The van der Waals surface area contributed by atoms with E-state index in [1.807, 2.05) is 0 Å². The van der Waals surface area contributed by atoms with Crippen molar-refractivity contribution in [2.24, 2.45) is 17.8 Å². The molecule has 0 aromatic heterocycles. The lowest BCUT2D eigenvalue weighted by Gasteiger charge is -2.33. The highest BCUT2D eigenvalue weighted by atomic mass is 19.4. The van der Waals surface area contributed by atoms with Gasteiger partial charge in [-0.25, -0.2) is 0 Å². The van der Waals surface area contributed by atoms with E-state index in [4.69, 9.17) is 0 Å². The lowest BCUT2D eigenvalue weighted by molar-refractivity contribution is -0.274. The zero-order chi connectivity index (χ0) is 17.9. The van der Waals surface area contributed by atoms with Gasteiger partial charge in [-0.2, -0.15) is 0 Å². The molecule has 3 rings (SSSR count). The number of halogens is 3. The Bertz CT molecular complexity index is 521. The first-order valence-corrected chi connectivity index (χ1v) is 9.75. The van der Waals surface area contributed by atoms with Crippen molar-refractivity contribution in [3.8, 4) is 5.75 Å². The van der Waals surface area contributed by atoms with Gasteiger partial charge in [0.25, 0.3) is 0 Å². The second-order valence-corrected chi connectivity index (χ2v) is 8.20. The fourth-order valence-corrected chi connectivity index (χ4v) is 4.71. The molecule has 140 valence electrons. The summed E-state index contributed by atoms with van der Waals surface area (Å²) >= 11 is 0. The van der Waals surface area contributed by atoms with Crippen molar-refractivity contribution in [2.45, 2.75) is 77.0 Å². The molecule has 0 heterocycles. The maximum Gasteiger partial charge on any atom is 0.573 e. The Labute approximate surface area is 149 Å². The van der Waals surface area contributed by atoms with Crippen LogP contribution in [-0.2, 0) is 0 Å². The smallest absolute Gasteiger partial charge is 0.406 e. The second kappa shape index (κ2) is 8.01. The molecule has 0 radical (unpaired) electrons. The minimum Gasteiger partial charge on any atom is -0.406 e. The molecule has 1 aromatic carbocycles. The summed E-state index contributed by atoms with van der Waals surface area (Å²) in [6, 6.07) is 6.49. The van der Waals surface area contributed by atoms with E-state index in [0.717, 1.165) is 36.2 Å². The van der Waals surface area contributed by atoms with Crippen molar-refractivity contribution < 1.29 is 17.9 Å². The maximum absolute atomic E-state index is 12.2. The molecule has 0 atom stereocenters. The molecule has 0 N–H and O–H groups in total. The normalized spacial score (nSPS) is 30.9. The second-order valence-electron chi connectivity index (χ2n) is 8.20. The minimum absolute atomic E-state index is 0.128. The summed E-state index contributed by atoms with van der Waals surface area (Å²) in [4.78, 5) is 0. The number of hydrogen-bond donors (Lipinski definition) is 0. The van der Waals surface area contributed by atoms with Crippen LogP contribution in [0.1, 0.15) is 76.2 Å². The third-order valence-corrected chi connectivity index (χ3v) is 6.23. The van der Waals surface area contributed by atoms with Gasteiger partial charge in [-0.1, -0.05) is 44.7 Å². The lowest BCUT2D eigenvalue weighted by Crippen LogP contribution is -2.19. The van der Waals surface area contributed by atoms with E-state index >= 15 is 0 Å². The van der Waals surface area contributed by atoms with Crippen LogP contribution < -0.4 is 4.74 Å². The zero-order valence-electron chi connectivity index (χ0n) is 15.0. The van der Waals surface area contributed by atoms with Crippen LogP contribution in [-0.4, -0.2) is 6.36 Å². The Balaban J connectivity index is 1.45. The molecule has 2 aliphatic carbocycles. The van der Waals surface area contributed by atoms with Gasteiger partial charge < -0.3 is 4.74 Å². The van der Waals surface area contributed by atoms with Crippen LogP contribution in [0.25, 0.3) is 0 Å². The van der Waals surface area contributed by atoms with Crippen LogP contribution >= 0.6 is 0 Å². The first-order chi connectivity index (χ1) is 11.9. The van der Waals surface area contributed by atoms with E-state index in [9.17, 15) is 13.2 Å². The standard InChI is InChI=1S/C21H29F3O/c1-15-2-4-16(5-3-15)14-17-6-8-18(9-7-17)19-10-12-20(13-11-19)25-21(22,23)24/h10-13,15-18H,2-9,14H2,1H3. The van der Waals surface area contributed by atoms with Crippen molar-refractivity contribution in [1.82, 2.24) is 0 Å². The quantitative estimate of drug-likeness (QED) is 0.561. The maximum atomic E-state index is 12.2. The van der Waals surface area contributed by atoms with Crippen molar-refractivity contribution in [2.75, 3.05) is 0 Å². The third kappa shape index (κ3) is 5.65. The molecule has 4 heteroatoms. The number of hydrogen-bond acceptors (Lipinski definition) is 1. The van der Waals surface area contributed by atoms with Gasteiger partial charge in [0.15, 0.2) is 0 Å². The first kappa shape index (κ1) is 18.6. The highest BCUT2D eigenvalue weighted by Gasteiger charge is 2.31. The number of benzene rings is 1. The summed E-state index contributed by atoms with van der Waals surface area (Å²) in [7, 11) is 0. The van der Waals surface area contributed by atoms with Gasteiger partial charge in [0.2, 0.25) is 0 Å². The molecule has 1 nitrogen and oxygen atoms in total. The van der Waals surface area contributed by atoms with Gasteiger partial charge >= 0.3 is 6.36 Å². The molecule has 25 heavy (non-hydrogen) atoms. The largest absolute Gasteiger partial charge is 0.573 e. The van der Waals surface area contributed by atoms with Gasteiger partial charge in [-0.05, 0) is 73.5 Å². The van der Waals surface area contributed by atoms with Crippen LogP contribution in [0.4, 0.5) is 13.2 Å². The summed E-state index contributed by atoms with van der Waals surface area (Å²) in [6.07, 6.45) is 7.21. The Morgan fingerprint density at radius 3 is 1.88 bits per heavy atom. The monoisotopic (exact) mass is 354 g/mol. The molecule has 0 amide bonds. The topological polar surface area (TPSA) is 9.23 Å². The molecule has 2 aliphatic rings. The fraction of sp³-hybridized carbons (Fsp3) is 0.714. The molecule has 0 unspecified atom stereocenters. The van der Waals surface area contributed by atoms with Gasteiger partial charge in [0, 0.05) is 0 Å². The molecule has 1 aromatic rings. The van der Waals surface area contributed by atoms with Crippen molar-refractivity contribution in [3.05, 3.63) is 29.8 Å². The van der Waals surface area contributed by atoms with Crippen LogP contribution in [0.3, 0.4) is 0 Å². The Hall–Kier alpha value is -1.19. The highest BCUT2D eigenvalue weighted by molar-refractivity contribution is 5.29.